The van der Waals surface area contributed by atoms with Gasteiger partial charge in [0.2, 0.25) is 0 Å². The Labute approximate surface area is 125 Å². The van der Waals surface area contributed by atoms with Crippen LogP contribution in [0.25, 0.3) is 0 Å². The highest BCUT2D eigenvalue weighted by molar-refractivity contribution is 5.93. The normalized spacial score (nSPS) is 54.2. The molecular formula is C18H22O3. The van der Waals surface area contributed by atoms with Crippen LogP contribution >= 0.6 is 0 Å². The lowest BCUT2D eigenvalue weighted by Gasteiger charge is -2.46. The average molecular weight is 286 g/mol. The van der Waals surface area contributed by atoms with Crippen LogP contribution in [-0.4, -0.2) is 22.8 Å². The summed E-state index contributed by atoms with van der Waals surface area (Å²) in [5.41, 5.74) is 0.924. The van der Waals surface area contributed by atoms with E-state index in [0.29, 0.717) is 36.4 Å². The SMILES string of the molecule is C[C@]12CC=C3[C@@H](C(=O)C[C@@]45CC(=O)CC[C@@]34O5)[C@@H]1CCC2. The number of epoxide rings is 1. The Kier molecular flexibility index (Phi) is 2.10. The predicted molar refractivity (Wildman–Crippen MR) is 76.7 cm³/mol. The molecule has 0 amide bonds. The highest BCUT2D eigenvalue weighted by atomic mass is 16.6. The molecule has 4 fully saturated rings. The van der Waals surface area contributed by atoms with Gasteiger partial charge in [-0.25, -0.2) is 0 Å². The molecule has 21 heavy (non-hydrogen) atoms. The van der Waals surface area contributed by atoms with Crippen LogP contribution in [0.3, 0.4) is 0 Å². The second-order valence-corrected chi connectivity index (χ2v) is 8.28. The first kappa shape index (κ1) is 12.6. The molecule has 5 atom stereocenters. The summed E-state index contributed by atoms with van der Waals surface area (Å²) in [6, 6.07) is 0. The number of hydrogen-bond donors (Lipinski definition) is 0. The first-order valence-electron chi connectivity index (χ1n) is 8.45. The number of ether oxygens (including phenoxy) is 1. The number of rotatable bonds is 0. The monoisotopic (exact) mass is 286 g/mol. The summed E-state index contributed by atoms with van der Waals surface area (Å²) in [4.78, 5) is 24.7. The van der Waals surface area contributed by atoms with Crippen LogP contribution < -0.4 is 0 Å². The van der Waals surface area contributed by atoms with Gasteiger partial charge < -0.3 is 4.74 Å². The molecule has 112 valence electrons. The summed E-state index contributed by atoms with van der Waals surface area (Å²) in [5, 5.41) is 0. The Hall–Kier alpha value is -0.960. The number of carbonyl (C=O) groups is 2. The Morgan fingerprint density at radius 1 is 1.24 bits per heavy atom. The standard InChI is InChI=1S/C18H22O3/c1-16-6-2-3-12(16)15-13(5-7-16)18-8-4-11(19)9-17(18,21-18)10-14(15)20/h5,12,15H,2-4,6-10H2,1H3/t12-,15-,16-,17-,18+/m0/s1. The predicted octanol–water partition coefficient (Wildman–Crippen LogP) is 2.97. The summed E-state index contributed by atoms with van der Waals surface area (Å²) in [7, 11) is 0. The largest absolute Gasteiger partial charge is 0.357 e. The number of carbonyl (C=O) groups excluding carboxylic acids is 2. The fraction of sp³-hybridized carbons (Fsp3) is 0.778. The van der Waals surface area contributed by atoms with Gasteiger partial charge in [-0.05, 0) is 42.6 Å². The quantitative estimate of drug-likeness (QED) is 0.508. The van der Waals surface area contributed by atoms with E-state index in [0.717, 1.165) is 12.8 Å². The maximum atomic E-state index is 12.9. The first-order valence-corrected chi connectivity index (χ1v) is 8.45. The van der Waals surface area contributed by atoms with Crippen molar-refractivity contribution in [3.8, 4) is 0 Å². The van der Waals surface area contributed by atoms with Gasteiger partial charge in [0.1, 0.15) is 22.8 Å². The van der Waals surface area contributed by atoms with Crippen molar-refractivity contribution < 1.29 is 14.3 Å². The van der Waals surface area contributed by atoms with Crippen molar-refractivity contribution in [2.24, 2.45) is 17.3 Å². The Balaban J connectivity index is 1.61. The molecule has 5 rings (SSSR count). The zero-order chi connectivity index (χ0) is 14.5. The van der Waals surface area contributed by atoms with Crippen LogP contribution in [0.1, 0.15) is 58.3 Å². The van der Waals surface area contributed by atoms with Crippen LogP contribution in [0.4, 0.5) is 0 Å². The highest BCUT2D eigenvalue weighted by Crippen LogP contribution is 2.70. The third kappa shape index (κ3) is 1.31. The van der Waals surface area contributed by atoms with Crippen LogP contribution in [-0.2, 0) is 14.3 Å². The molecule has 0 N–H and O–H groups in total. The smallest absolute Gasteiger partial charge is 0.143 e. The van der Waals surface area contributed by atoms with Gasteiger partial charge in [-0.15, -0.1) is 0 Å². The van der Waals surface area contributed by atoms with Gasteiger partial charge in [0.05, 0.1) is 0 Å². The van der Waals surface area contributed by atoms with E-state index in [1.165, 1.54) is 24.8 Å². The topological polar surface area (TPSA) is 46.7 Å². The average Bonchev–Trinajstić information content (AvgIpc) is 2.92. The van der Waals surface area contributed by atoms with Gasteiger partial charge in [-0.2, -0.15) is 0 Å². The van der Waals surface area contributed by atoms with Crippen molar-refractivity contribution >= 4 is 11.6 Å². The molecule has 0 aromatic heterocycles. The molecule has 0 unspecified atom stereocenters. The summed E-state index contributed by atoms with van der Waals surface area (Å²) in [5.74, 6) is 1.23. The minimum Gasteiger partial charge on any atom is -0.357 e. The van der Waals surface area contributed by atoms with Gasteiger partial charge in [-0.3, -0.25) is 9.59 Å². The minimum absolute atomic E-state index is 0.0927. The van der Waals surface area contributed by atoms with Crippen LogP contribution in [0.5, 0.6) is 0 Å². The van der Waals surface area contributed by atoms with Gasteiger partial charge in [0, 0.05) is 25.2 Å². The van der Waals surface area contributed by atoms with Crippen molar-refractivity contribution in [2.45, 2.75) is 69.5 Å². The van der Waals surface area contributed by atoms with Gasteiger partial charge >= 0.3 is 0 Å². The second kappa shape index (κ2) is 3.51. The lowest BCUT2D eigenvalue weighted by atomic mass is 9.54. The molecule has 0 aromatic rings. The third-order valence-corrected chi connectivity index (χ3v) is 7.26. The summed E-state index contributed by atoms with van der Waals surface area (Å²) in [6.07, 6.45) is 9.50. The second-order valence-electron chi connectivity index (χ2n) is 8.28. The highest BCUT2D eigenvalue weighted by Gasteiger charge is 2.78. The van der Waals surface area contributed by atoms with E-state index < -0.39 is 5.60 Å². The van der Waals surface area contributed by atoms with Crippen molar-refractivity contribution in [1.82, 2.24) is 0 Å². The van der Waals surface area contributed by atoms with Crippen LogP contribution in [0.15, 0.2) is 11.6 Å². The molecule has 1 aliphatic heterocycles. The Morgan fingerprint density at radius 3 is 2.95 bits per heavy atom. The molecule has 0 radical (unpaired) electrons. The zero-order valence-electron chi connectivity index (χ0n) is 12.6. The van der Waals surface area contributed by atoms with Gasteiger partial charge in [0.15, 0.2) is 0 Å². The molecule has 1 saturated heterocycles. The fourth-order valence-electron chi connectivity index (χ4n) is 6.17. The van der Waals surface area contributed by atoms with Crippen molar-refractivity contribution in [3.63, 3.8) is 0 Å². The molecule has 0 spiro atoms. The summed E-state index contributed by atoms with van der Waals surface area (Å²) >= 11 is 0. The molecule has 3 heteroatoms. The van der Waals surface area contributed by atoms with E-state index >= 15 is 0 Å². The maximum absolute atomic E-state index is 12.9. The Morgan fingerprint density at radius 2 is 2.10 bits per heavy atom. The van der Waals surface area contributed by atoms with E-state index in [1.54, 1.807) is 0 Å². The Bertz CT molecular complexity index is 606. The van der Waals surface area contributed by atoms with Crippen LogP contribution in [0, 0.1) is 17.3 Å². The minimum atomic E-state index is -0.436. The van der Waals surface area contributed by atoms with Crippen LogP contribution in [0.2, 0.25) is 0 Å². The fourth-order valence-corrected chi connectivity index (χ4v) is 6.17. The lowest BCUT2D eigenvalue weighted by Crippen LogP contribution is -2.50. The summed E-state index contributed by atoms with van der Waals surface area (Å²) in [6.45, 7) is 2.36. The zero-order valence-corrected chi connectivity index (χ0v) is 12.6. The van der Waals surface area contributed by atoms with Crippen molar-refractivity contribution in [1.29, 1.82) is 0 Å². The van der Waals surface area contributed by atoms with E-state index in [9.17, 15) is 9.59 Å². The van der Waals surface area contributed by atoms with Gasteiger partial charge in [0.25, 0.3) is 0 Å². The molecule has 4 aliphatic carbocycles. The van der Waals surface area contributed by atoms with Gasteiger partial charge in [-0.1, -0.05) is 19.4 Å². The molecule has 3 saturated carbocycles. The number of ketones is 2. The number of fused-ring (bicyclic) bond motifs is 3. The number of allylic oxidation sites excluding steroid dienone is 1. The molecule has 1 heterocycles. The van der Waals surface area contributed by atoms with E-state index in [-0.39, 0.29) is 17.3 Å². The summed E-state index contributed by atoms with van der Waals surface area (Å²) < 4.78 is 6.20. The molecule has 0 aromatic carbocycles. The molecule has 0 bridgehead atoms. The van der Waals surface area contributed by atoms with E-state index in [2.05, 4.69) is 13.0 Å². The number of Topliss-reactive ketones (excluding diaryl/α,β-unsaturated/α-hetero) is 2. The first-order chi connectivity index (χ1) is 10.00. The van der Waals surface area contributed by atoms with E-state index in [1.807, 2.05) is 0 Å². The third-order valence-electron chi connectivity index (χ3n) is 7.26. The molecule has 5 aliphatic rings. The lowest BCUT2D eigenvalue weighted by molar-refractivity contribution is -0.128. The molecular weight excluding hydrogens is 264 g/mol. The van der Waals surface area contributed by atoms with Crippen molar-refractivity contribution in [2.75, 3.05) is 0 Å². The maximum Gasteiger partial charge on any atom is 0.143 e. The number of hydrogen-bond acceptors (Lipinski definition) is 3. The van der Waals surface area contributed by atoms with E-state index in [4.69, 9.17) is 4.74 Å². The molecule has 3 nitrogen and oxygen atoms in total. The van der Waals surface area contributed by atoms with Crippen molar-refractivity contribution in [3.05, 3.63) is 11.6 Å².